The highest BCUT2D eigenvalue weighted by molar-refractivity contribution is 7.14. The van der Waals surface area contributed by atoms with Gasteiger partial charge in [0.1, 0.15) is 0 Å². The van der Waals surface area contributed by atoms with Crippen LogP contribution >= 0.6 is 11.3 Å². The molecule has 0 fully saturated rings. The molecule has 0 aliphatic rings. The number of carbonyl (C=O) groups excluding carboxylic acids is 1. The molecule has 0 saturated heterocycles. The normalized spacial score (nSPS) is 11.9. The summed E-state index contributed by atoms with van der Waals surface area (Å²) in [7, 11) is 0. The zero-order valence-corrected chi connectivity index (χ0v) is 11.6. The summed E-state index contributed by atoms with van der Waals surface area (Å²) in [4.78, 5) is 13.5. The van der Waals surface area contributed by atoms with E-state index in [2.05, 4.69) is 0 Å². The van der Waals surface area contributed by atoms with Gasteiger partial charge in [0.2, 0.25) is 0 Å². The Labute approximate surface area is 118 Å². The minimum absolute atomic E-state index is 0.0141. The Kier molecular flexibility index (Phi) is 5.93. The lowest BCUT2D eigenvalue weighted by Gasteiger charge is -2.22. The zero-order valence-electron chi connectivity index (χ0n) is 10.8. The summed E-state index contributed by atoms with van der Waals surface area (Å²) in [5, 5.41) is 8.83. The third-order valence-corrected chi connectivity index (χ3v) is 3.68. The quantitative estimate of drug-likeness (QED) is 0.416. The molecule has 4 N–H and O–H groups in total. The molecule has 1 amide bonds. The van der Waals surface area contributed by atoms with Crippen LogP contribution in [-0.2, 0) is 6.54 Å². The average Bonchev–Trinajstić information content (AvgIpc) is 2.68. The van der Waals surface area contributed by atoms with E-state index in [1.165, 1.54) is 6.07 Å². The lowest BCUT2D eigenvalue weighted by molar-refractivity contribution is -0.148. The standard InChI is InChI=1S/C11H16F3N3O2S/c1-7-8(4-9(20-7)10(19)16-15)5-17(2-3-18)6-11(12,13)14/h4,18H,2-3,5-6,15H2,1H3,(H,16,19). The number of aliphatic hydroxyl groups is 1. The smallest absolute Gasteiger partial charge is 0.395 e. The molecule has 1 aromatic rings. The molecule has 0 bridgehead atoms. The molecule has 1 rings (SSSR count). The van der Waals surface area contributed by atoms with Crippen molar-refractivity contribution in [1.82, 2.24) is 10.3 Å². The van der Waals surface area contributed by atoms with Crippen LogP contribution in [0.4, 0.5) is 13.2 Å². The number of aliphatic hydroxyl groups excluding tert-OH is 1. The van der Waals surface area contributed by atoms with Crippen LogP contribution in [0.3, 0.4) is 0 Å². The number of nitrogens with zero attached hydrogens (tertiary/aromatic N) is 1. The molecular weight excluding hydrogens is 295 g/mol. The number of alkyl halides is 3. The zero-order chi connectivity index (χ0) is 15.3. The van der Waals surface area contributed by atoms with E-state index >= 15 is 0 Å². The number of amides is 1. The van der Waals surface area contributed by atoms with Gasteiger partial charge in [-0.1, -0.05) is 0 Å². The minimum atomic E-state index is -4.34. The molecule has 0 aliphatic carbocycles. The van der Waals surface area contributed by atoms with E-state index in [1.807, 2.05) is 5.43 Å². The highest BCUT2D eigenvalue weighted by Gasteiger charge is 2.30. The third-order valence-electron chi connectivity index (χ3n) is 2.59. The molecule has 0 unspecified atom stereocenters. The van der Waals surface area contributed by atoms with Gasteiger partial charge in [0, 0.05) is 18.0 Å². The summed E-state index contributed by atoms with van der Waals surface area (Å²) in [5.41, 5.74) is 2.59. The van der Waals surface area contributed by atoms with Crippen molar-refractivity contribution in [2.24, 2.45) is 5.84 Å². The summed E-state index contributed by atoms with van der Waals surface area (Å²) in [6.07, 6.45) is -4.34. The van der Waals surface area contributed by atoms with Gasteiger partial charge in [0.15, 0.2) is 0 Å². The number of hydrogen-bond acceptors (Lipinski definition) is 5. The van der Waals surface area contributed by atoms with Gasteiger partial charge in [0.25, 0.3) is 5.91 Å². The summed E-state index contributed by atoms with van der Waals surface area (Å²) in [6.45, 7) is 0.169. The van der Waals surface area contributed by atoms with Crippen LogP contribution in [0.5, 0.6) is 0 Å². The molecule has 1 heterocycles. The van der Waals surface area contributed by atoms with E-state index in [0.717, 1.165) is 21.1 Å². The molecule has 1 aromatic heterocycles. The Morgan fingerprint density at radius 3 is 2.70 bits per heavy atom. The van der Waals surface area contributed by atoms with Gasteiger partial charge >= 0.3 is 6.18 Å². The summed E-state index contributed by atoms with van der Waals surface area (Å²) in [6, 6.07) is 1.52. The van der Waals surface area contributed by atoms with E-state index < -0.39 is 18.6 Å². The fourth-order valence-corrected chi connectivity index (χ4v) is 2.65. The molecule has 0 radical (unpaired) electrons. The molecule has 20 heavy (non-hydrogen) atoms. The first-order valence-electron chi connectivity index (χ1n) is 5.77. The molecular formula is C11H16F3N3O2S. The average molecular weight is 311 g/mol. The number of hydrogen-bond donors (Lipinski definition) is 3. The van der Waals surface area contributed by atoms with Crippen LogP contribution in [-0.4, -0.2) is 41.8 Å². The third kappa shape index (κ3) is 5.08. The summed E-state index contributed by atoms with van der Waals surface area (Å²) < 4.78 is 37.3. The lowest BCUT2D eigenvalue weighted by atomic mass is 10.2. The number of rotatable bonds is 6. The van der Waals surface area contributed by atoms with Crippen molar-refractivity contribution in [3.05, 3.63) is 21.4 Å². The van der Waals surface area contributed by atoms with Crippen LogP contribution in [0, 0.1) is 6.92 Å². The molecule has 0 spiro atoms. The first kappa shape index (κ1) is 16.9. The Morgan fingerprint density at radius 1 is 1.55 bits per heavy atom. The van der Waals surface area contributed by atoms with Crippen molar-refractivity contribution in [2.75, 3.05) is 19.7 Å². The van der Waals surface area contributed by atoms with Gasteiger partial charge in [-0.3, -0.25) is 15.1 Å². The largest absolute Gasteiger partial charge is 0.401 e. The first-order valence-corrected chi connectivity index (χ1v) is 6.58. The van der Waals surface area contributed by atoms with Crippen LogP contribution in [0.25, 0.3) is 0 Å². The lowest BCUT2D eigenvalue weighted by Crippen LogP contribution is -2.35. The number of thiophene rings is 1. The van der Waals surface area contributed by atoms with E-state index in [1.54, 1.807) is 6.92 Å². The number of nitrogens with one attached hydrogen (secondary N) is 1. The maximum absolute atomic E-state index is 12.4. The summed E-state index contributed by atoms with van der Waals surface area (Å²) >= 11 is 1.16. The van der Waals surface area contributed by atoms with Crippen LogP contribution in [0.1, 0.15) is 20.1 Å². The molecule has 0 aromatic carbocycles. The maximum atomic E-state index is 12.4. The van der Waals surface area contributed by atoms with Crippen LogP contribution in [0.15, 0.2) is 6.07 Å². The van der Waals surface area contributed by atoms with Gasteiger partial charge < -0.3 is 5.11 Å². The van der Waals surface area contributed by atoms with Crippen molar-refractivity contribution in [2.45, 2.75) is 19.6 Å². The maximum Gasteiger partial charge on any atom is 0.401 e. The minimum Gasteiger partial charge on any atom is -0.395 e. The molecule has 0 aliphatic heterocycles. The number of halogens is 3. The van der Waals surface area contributed by atoms with Crippen molar-refractivity contribution in [3.63, 3.8) is 0 Å². The Morgan fingerprint density at radius 2 is 2.20 bits per heavy atom. The second kappa shape index (κ2) is 7.02. The van der Waals surface area contributed by atoms with Crippen molar-refractivity contribution >= 4 is 17.2 Å². The predicted molar refractivity (Wildman–Crippen MR) is 69.1 cm³/mol. The fraction of sp³-hybridized carbons (Fsp3) is 0.545. The molecule has 0 saturated carbocycles. The molecule has 5 nitrogen and oxygen atoms in total. The monoisotopic (exact) mass is 311 g/mol. The SMILES string of the molecule is Cc1sc(C(=O)NN)cc1CN(CCO)CC(F)(F)F. The van der Waals surface area contributed by atoms with Crippen molar-refractivity contribution < 1.29 is 23.1 Å². The Hall–Kier alpha value is -1.16. The van der Waals surface area contributed by atoms with Gasteiger partial charge in [-0.05, 0) is 18.6 Å². The van der Waals surface area contributed by atoms with Crippen molar-refractivity contribution in [1.29, 1.82) is 0 Å². The van der Waals surface area contributed by atoms with E-state index in [4.69, 9.17) is 10.9 Å². The van der Waals surface area contributed by atoms with Gasteiger partial charge in [-0.15, -0.1) is 11.3 Å². The van der Waals surface area contributed by atoms with Gasteiger partial charge in [0.05, 0.1) is 18.0 Å². The van der Waals surface area contributed by atoms with Gasteiger partial charge in [-0.25, -0.2) is 5.84 Å². The Bertz CT molecular complexity index is 462. The number of hydrazine groups is 1. The molecule has 114 valence electrons. The van der Waals surface area contributed by atoms with E-state index in [9.17, 15) is 18.0 Å². The fourth-order valence-electron chi connectivity index (χ4n) is 1.71. The first-order chi connectivity index (χ1) is 9.26. The van der Waals surface area contributed by atoms with Crippen molar-refractivity contribution in [3.8, 4) is 0 Å². The Balaban J connectivity index is 2.83. The second-order valence-corrected chi connectivity index (χ2v) is 5.47. The van der Waals surface area contributed by atoms with Crippen LogP contribution < -0.4 is 11.3 Å². The number of nitrogen functional groups attached to an aromatic ring is 1. The van der Waals surface area contributed by atoms with E-state index in [0.29, 0.717) is 10.4 Å². The highest BCUT2D eigenvalue weighted by atomic mass is 32.1. The molecule has 9 heteroatoms. The van der Waals surface area contributed by atoms with Crippen LogP contribution in [0.2, 0.25) is 0 Å². The second-order valence-electron chi connectivity index (χ2n) is 4.21. The number of carbonyl (C=O) groups is 1. The highest BCUT2D eigenvalue weighted by Crippen LogP contribution is 2.24. The topological polar surface area (TPSA) is 78.6 Å². The number of nitrogens with two attached hydrogens (primary N) is 1. The molecule has 0 atom stereocenters. The predicted octanol–water partition coefficient (Wildman–Crippen LogP) is 1.02. The van der Waals surface area contributed by atoms with Gasteiger partial charge in [-0.2, -0.15) is 13.2 Å². The summed E-state index contributed by atoms with van der Waals surface area (Å²) in [5.74, 6) is 4.53. The van der Waals surface area contributed by atoms with E-state index in [-0.39, 0.29) is 19.7 Å². The number of aryl methyl sites for hydroxylation is 1.